The number of anilines is 1. The van der Waals surface area contributed by atoms with Crippen molar-refractivity contribution >= 4 is 62.3 Å². The first-order valence-corrected chi connectivity index (χ1v) is 15.2. The summed E-state index contributed by atoms with van der Waals surface area (Å²) in [4.78, 5) is 27.6. The fourth-order valence-corrected chi connectivity index (χ4v) is 5.92. The Morgan fingerprint density at radius 3 is 2.17 bits per heavy atom. The standard InChI is InChI=1S/C28H27Cl3F3N3O4S/c1-3-13-35-27(39)18(2)36(16-19-9-11-24(30)25(31)14-19)26(38)17-37(42(40,41)21-7-5-4-6-8-21)20-10-12-23(29)22(15-20)28(32,33)34/h4-12,14-15,18H,3,13,16-17H2,1-2H3,(H,35,39). The molecule has 7 nitrogen and oxygen atoms in total. The lowest BCUT2D eigenvalue weighted by Crippen LogP contribution is -2.51. The van der Waals surface area contributed by atoms with E-state index in [1.54, 1.807) is 12.1 Å². The van der Waals surface area contributed by atoms with E-state index in [9.17, 15) is 31.2 Å². The number of nitrogens with one attached hydrogen (secondary N) is 1. The minimum absolute atomic E-state index is 0.177. The van der Waals surface area contributed by atoms with Crippen molar-refractivity contribution in [1.29, 1.82) is 0 Å². The molecule has 42 heavy (non-hydrogen) atoms. The number of carbonyl (C=O) groups excluding carboxylic acids is 2. The molecule has 0 aliphatic heterocycles. The molecule has 3 aromatic carbocycles. The van der Waals surface area contributed by atoms with E-state index in [4.69, 9.17) is 34.8 Å². The van der Waals surface area contributed by atoms with Gasteiger partial charge in [-0.25, -0.2) is 8.42 Å². The molecule has 0 radical (unpaired) electrons. The molecule has 3 aromatic rings. The number of sulfonamides is 1. The molecule has 1 atom stereocenters. The summed E-state index contributed by atoms with van der Waals surface area (Å²) in [6, 6.07) is 13.0. The number of rotatable bonds is 11. The Labute approximate surface area is 257 Å². The number of halogens is 6. The second-order valence-electron chi connectivity index (χ2n) is 9.22. The predicted molar refractivity (Wildman–Crippen MR) is 157 cm³/mol. The first-order chi connectivity index (χ1) is 19.7. The highest BCUT2D eigenvalue weighted by Crippen LogP contribution is 2.38. The molecule has 3 rings (SSSR count). The lowest BCUT2D eigenvalue weighted by Gasteiger charge is -2.32. The minimum Gasteiger partial charge on any atom is -0.354 e. The molecule has 0 aliphatic rings. The molecule has 0 bridgehead atoms. The molecule has 0 heterocycles. The lowest BCUT2D eigenvalue weighted by atomic mass is 10.1. The van der Waals surface area contributed by atoms with Gasteiger partial charge in [-0.3, -0.25) is 13.9 Å². The number of hydrogen-bond acceptors (Lipinski definition) is 4. The number of amides is 2. The summed E-state index contributed by atoms with van der Waals surface area (Å²) in [5.41, 5.74) is -1.24. The van der Waals surface area contributed by atoms with Crippen LogP contribution in [-0.2, 0) is 32.3 Å². The van der Waals surface area contributed by atoms with Gasteiger partial charge in [0.15, 0.2) is 0 Å². The smallest absolute Gasteiger partial charge is 0.354 e. The Hall–Kier alpha value is -2.99. The van der Waals surface area contributed by atoms with Crippen molar-refractivity contribution in [2.75, 3.05) is 17.4 Å². The van der Waals surface area contributed by atoms with Crippen LogP contribution in [0.3, 0.4) is 0 Å². The van der Waals surface area contributed by atoms with Gasteiger partial charge in [-0.1, -0.05) is 66.0 Å². The van der Waals surface area contributed by atoms with Crippen molar-refractivity contribution in [2.45, 2.75) is 43.9 Å². The third kappa shape index (κ3) is 8.09. The van der Waals surface area contributed by atoms with Gasteiger partial charge in [0, 0.05) is 13.1 Å². The normalized spacial score (nSPS) is 12.5. The maximum Gasteiger partial charge on any atom is 0.417 e. The minimum atomic E-state index is -4.90. The lowest BCUT2D eigenvalue weighted by molar-refractivity contribution is -0.139. The predicted octanol–water partition coefficient (Wildman–Crippen LogP) is 6.80. The summed E-state index contributed by atoms with van der Waals surface area (Å²) in [6.45, 7) is 2.53. The van der Waals surface area contributed by atoms with Gasteiger partial charge in [0.2, 0.25) is 11.8 Å². The Kier molecular flexibility index (Phi) is 11.2. The van der Waals surface area contributed by atoms with E-state index >= 15 is 0 Å². The molecule has 1 N–H and O–H groups in total. The van der Waals surface area contributed by atoms with Crippen molar-refractivity contribution in [3.63, 3.8) is 0 Å². The topological polar surface area (TPSA) is 86.8 Å². The Bertz CT molecular complexity index is 1540. The summed E-state index contributed by atoms with van der Waals surface area (Å²) in [5.74, 6) is -1.36. The van der Waals surface area contributed by atoms with Gasteiger partial charge in [0.25, 0.3) is 10.0 Å². The van der Waals surface area contributed by atoms with Crippen molar-refractivity contribution in [3.8, 4) is 0 Å². The number of carbonyl (C=O) groups is 2. The second-order valence-corrected chi connectivity index (χ2v) is 12.3. The molecule has 0 aliphatic carbocycles. The molecule has 0 spiro atoms. The molecule has 14 heteroatoms. The zero-order chi connectivity index (χ0) is 31.2. The molecule has 2 amide bonds. The van der Waals surface area contributed by atoms with E-state index in [-0.39, 0.29) is 21.5 Å². The van der Waals surface area contributed by atoms with Crippen LogP contribution in [0.5, 0.6) is 0 Å². The highest BCUT2D eigenvalue weighted by atomic mass is 35.5. The number of benzene rings is 3. The van der Waals surface area contributed by atoms with Crippen molar-refractivity contribution < 1.29 is 31.2 Å². The molecular weight excluding hydrogens is 638 g/mol. The zero-order valence-corrected chi connectivity index (χ0v) is 25.5. The van der Waals surface area contributed by atoms with Crippen LogP contribution in [0.15, 0.2) is 71.6 Å². The molecule has 0 saturated heterocycles. The van der Waals surface area contributed by atoms with Crippen LogP contribution in [0.1, 0.15) is 31.4 Å². The van der Waals surface area contributed by atoms with Gasteiger partial charge in [-0.2, -0.15) is 13.2 Å². The van der Waals surface area contributed by atoms with E-state index in [1.807, 2.05) is 6.92 Å². The zero-order valence-electron chi connectivity index (χ0n) is 22.5. The Balaban J connectivity index is 2.11. The SMILES string of the molecule is CCCNC(=O)C(C)N(Cc1ccc(Cl)c(Cl)c1)C(=O)CN(c1ccc(Cl)c(C(F)(F)F)c1)S(=O)(=O)c1ccccc1. The number of nitrogens with zero attached hydrogens (tertiary/aromatic N) is 2. The third-order valence-electron chi connectivity index (χ3n) is 6.21. The molecule has 1 unspecified atom stereocenters. The summed E-state index contributed by atoms with van der Waals surface area (Å²) in [5, 5.41) is 2.50. The van der Waals surface area contributed by atoms with E-state index < -0.39 is 56.9 Å². The Morgan fingerprint density at radius 2 is 1.57 bits per heavy atom. The second kappa shape index (κ2) is 14.0. The van der Waals surface area contributed by atoms with Crippen LogP contribution in [0.2, 0.25) is 15.1 Å². The maximum absolute atomic E-state index is 13.9. The van der Waals surface area contributed by atoms with Crippen LogP contribution in [0, 0.1) is 0 Å². The van der Waals surface area contributed by atoms with Gasteiger partial charge in [-0.15, -0.1) is 0 Å². The number of alkyl halides is 3. The maximum atomic E-state index is 13.9. The third-order valence-corrected chi connectivity index (χ3v) is 9.06. The van der Waals surface area contributed by atoms with Gasteiger partial charge < -0.3 is 10.2 Å². The first-order valence-electron chi connectivity index (χ1n) is 12.6. The van der Waals surface area contributed by atoms with E-state index in [2.05, 4.69) is 5.32 Å². The van der Waals surface area contributed by atoms with Gasteiger partial charge in [-0.05, 0) is 61.4 Å². The van der Waals surface area contributed by atoms with Crippen LogP contribution in [0.25, 0.3) is 0 Å². The van der Waals surface area contributed by atoms with Crippen molar-refractivity contribution in [2.24, 2.45) is 0 Å². The highest BCUT2D eigenvalue weighted by Gasteiger charge is 2.37. The summed E-state index contributed by atoms with van der Waals surface area (Å²) in [7, 11) is -4.57. The fourth-order valence-electron chi connectivity index (χ4n) is 3.95. The van der Waals surface area contributed by atoms with Gasteiger partial charge >= 0.3 is 6.18 Å². The Morgan fingerprint density at radius 1 is 0.929 bits per heavy atom. The molecule has 0 fully saturated rings. The molecular formula is C28H27Cl3F3N3O4S. The molecule has 226 valence electrons. The van der Waals surface area contributed by atoms with Crippen molar-refractivity contribution in [3.05, 3.63) is 92.9 Å². The van der Waals surface area contributed by atoms with E-state index in [0.717, 1.165) is 17.0 Å². The van der Waals surface area contributed by atoms with Crippen LogP contribution >= 0.6 is 34.8 Å². The highest BCUT2D eigenvalue weighted by molar-refractivity contribution is 7.92. The summed E-state index contributed by atoms with van der Waals surface area (Å²) in [6.07, 6.45) is -4.27. The summed E-state index contributed by atoms with van der Waals surface area (Å²) >= 11 is 17.9. The van der Waals surface area contributed by atoms with Crippen molar-refractivity contribution in [1.82, 2.24) is 10.2 Å². The van der Waals surface area contributed by atoms with Gasteiger partial charge in [0.1, 0.15) is 12.6 Å². The monoisotopic (exact) mass is 663 g/mol. The van der Waals surface area contributed by atoms with E-state index in [1.165, 1.54) is 43.3 Å². The van der Waals surface area contributed by atoms with Crippen LogP contribution < -0.4 is 9.62 Å². The fraction of sp³-hybridized carbons (Fsp3) is 0.286. The summed E-state index contributed by atoms with van der Waals surface area (Å²) < 4.78 is 69.2. The largest absolute Gasteiger partial charge is 0.417 e. The number of hydrogen-bond donors (Lipinski definition) is 1. The van der Waals surface area contributed by atoms with Crippen LogP contribution in [-0.4, -0.2) is 44.3 Å². The van der Waals surface area contributed by atoms with Gasteiger partial charge in [0.05, 0.1) is 31.2 Å². The average molecular weight is 665 g/mol. The molecule has 0 saturated carbocycles. The average Bonchev–Trinajstić information content (AvgIpc) is 2.94. The first kappa shape index (κ1) is 33.5. The van der Waals surface area contributed by atoms with E-state index in [0.29, 0.717) is 28.9 Å². The molecule has 0 aromatic heterocycles. The quantitative estimate of drug-likeness (QED) is 0.244. The van der Waals surface area contributed by atoms with Crippen LogP contribution in [0.4, 0.5) is 18.9 Å².